The number of fused-ring (bicyclic) bond motifs is 2. The maximum absolute atomic E-state index is 12.0. The standard InChI is InChI=1S/C18H20N4O/c1-11-13-5-3-4-6-15(13)21-16(11)9-22-8-7-14-17(10-22)19-12(2)20-18(14)23/h3-6,21H,7-10H2,1-2H3,(H,19,20,23). The molecule has 0 amide bonds. The molecule has 118 valence electrons. The summed E-state index contributed by atoms with van der Waals surface area (Å²) < 4.78 is 0. The molecule has 23 heavy (non-hydrogen) atoms. The van der Waals surface area contributed by atoms with Crippen molar-refractivity contribution < 1.29 is 0 Å². The van der Waals surface area contributed by atoms with E-state index in [0.29, 0.717) is 5.82 Å². The third-order valence-electron chi connectivity index (χ3n) is 4.72. The van der Waals surface area contributed by atoms with Gasteiger partial charge in [0.1, 0.15) is 5.82 Å². The highest BCUT2D eigenvalue weighted by Crippen LogP contribution is 2.24. The molecule has 0 saturated carbocycles. The van der Waals surface area contributed by atoms with Gasteiger partial charge in [-0.2, -0.15) is 0 Å². The van der Waals surface area contributed by atoms with Crippen molar-refractivity contribution >= 4 is 10.9 Å². The summed E-state index contributed by atoms with van der Waals surface area (Å²) in [4.78, 5) is 25.2. The molecule has 5 heteroatoms. The summed E-state index contributed by atoms with van der Waals surface area (Å²) in [5.41, 5.74) is 5.53. The van der Waals surface area contributed by atoms with Gasteiger partial charge in [0.2, 0.25) is 0 Å². The highest BCUT2D eigenvalue weighted by atomic mass is 16.1. The van der Waals surface area contributed by atoms with Crippen molar-refractivity contribution in [3.05, 3.63) is 63.0 Å². The van der Waals surface area contributed by atoms with Gasteiger partial charge in [0.05, 0.1) is 5.69 Å². The second-order valence-corrected chi connectivity index (χ2v) is 6.31. The van der Waals surface area contributed by atoms with Gasteiger partial charge in [0.15, 0.2) is 0 Å². The number of H-pyrrole nitrogens is 2. The maximum Gasteiger partial charge on any atom is 0.254 e. The predicted octanol–water partition coefficient (Wildman–Crippen LogP) is 2.43. The second-order valence-electron chi connectivity index (χ2n) is 6.31. The molecule has 0 fully saturated rings. The first kappa shape index (κ1) is 14.2. The molecule has 4 rings (SSSR count). The van der Waals surface area contributed by atoms with E-state index in [0.717, 1.165) is 37.3 Å². The first-order valence-corrected chi connectivity index (χ1v) is 7.99. The molecule has 3 heterocycles. The van der Waals surface area contributed by atoms with Crippen molar-refractivity contribution in [2.75, 3.05) is 6.54 Å². The topological polar surface area (TPSA) is 64.8 Å². The molecule has 0 bridgehead atoms. The molecule has 2 N–H and O–H groups in total. The zero-order valence-corrected chi connectivity index (χ0v) is 13.4. The van der Waals surface area contributed by atoms with Crippen molar-refractivity contribution in [3.63, 3.8) is 0 Å². The average molecular weight is 308 g/mol. The van der Waals surface area contributed by atoms with Crippen molar-refractivity contribution in [1.29, 1.82) is 0 Å². The molecule has 1 aliphatic rings. The van der Waals surface area contributed by atoms with Gasteiger partial charge < -0.3 is 9.97 Å². The lowest BCUT2D eigenvalue weighted by Gasteiger charge is -2.27. The van der Waals surface area contributed by atoms with Gasteiger partial charge in [-0.3, -0.25) is 9.69 Å². The van der Waals surface area contributed by atoms with Gasteiger partial charge in [-0.05, 0) is 31.9 Å². The number of aromatic amines is 2. The molecule has 0 atom stereocenters. The number of para-hydroxylation sites is 1. The lowest BCUT2D eigenvalue weighted by molar-refractivity contribution is 0.237. The molecule has 2 aromatic heterocycles. The second kappa shape index (κ2) is 5.35. The summed E-state index contributed by atoms with van der Waals surface area (Å²) in [6, 6.07) is 8.39. The number of nitrogens with one attached hydrogen (secondary N) is 2. The van der Waals surface area contributed by atoms with Crippen LogP contribution >= 0.6 is 0 Å². The minimum Gasteiger partial charge on any atom is -0.357 e. The van der Waals surface area contributed by atoms with Crippen LogP contribution < -0.4 is 5.56 Å². The third-order valence-corrected chi connectivity index (χ3v) is 4.72. The number of benzene rings is 1. The Hall–Kier alpha value is -2.40. The predicted molar refractivity (Wildman–Crippen MR) is 90.4 cm³/mol. The van der Waals surface area contributed by atoms with Gasteiger partial charge in [0, 0.05) is 41.8 Å². The largest absolute Gasteiger partial charge is 0.357 e. The van der Waals surface area contributed by atoms with Gasteiger partial charge in [-0.25, -0.2) is 4.98 Å². The zero-order valence-electron chi connectivity index (χ0n) is 13.4. The van der Waals surface area contributed by atoms with Crippen LogP contribution in [0.1, 0.15) is 28.3 Å². The molecule has 0 saturated heterocycles. The number of aryl methyl sites for hydroxylation is 2. The first-order chi connectivity index (χ1) is 11.1. The SMILES string of the molecule is Cc1nc2c(c(=O)[nH]1)CCN(Cc1[nH]c3ccccc3c1C)C2. The van der Waals surface area contributed by atoms with Crippen LogP contribution in [0.3, 0.4) is 0 Å². The molecule has 3 aromatic rings. The Morgan fingerprint density at radius 2 is 2.04 bits per heavy atom. The van der Waals surface area contributed by atoms with E-state index < -0.39 is 0 Å². The van der Waals surface area contributed by atoms with E-state index in [9.17, 15) is 4.79 Å². The fraction of sp³-hybridized carbons (Fsp3) is 0.333. The van der Waals surface area contributed by atoms with Crippen LogP contribution in [0, 0.1) is 13.8 Å². The Morgan fingerprint density at radius 3 is 2.87 bits per heavy atom. The summed E-state index contributed by atoms with van der Waals surface area (Å²) in [6.45, 7) is 6.47. The normalized spacial score (nSPS) is 15.0. The van der Waals surface area contributed by atoms with Crippen LogP contribution in [0.15, 0.2) is 29.1 Å². The Kier molecular flexibility index (Phi) is 3.31. The third kappa shape index (κ3) is 2.47. The molecule has 0 aliphatic carbocycles. The molecular weight excluding hydrogens is 288 g/mol. The zero-order chi connectivity index (χ0) is 16.0. The van der Waals surface area contributed by atoms with Crippen LogP contribution in [0.5, 0.6) is 0 Å². The van der Waals surface area contributed by atoms with E-state index >= 15 is 0 Å². The van der Waals surface area contributed by atoms with E-state index in [4.69, 9.17) is 0 Å². The van der Waals surface area contributed by atoms with Crippen LogP contribution in [-0.2, 0) is 19.5 Å². The van der Waals surface area contributed by atoms with Crippen LogP contribution in [0.2, 0.25) is 0 Å². The van der Waals surface area contributed by atoms with Crippen molar-refractivity contribution in [2.24, 2.45) is 0 Å². The Morgan fingerprint density at radius 1 is 1.22 bits per heavy atom. The quantitative estimate of drug-likeness (QED) is 0.764. The fourth-order valence-electron chi connectivity index (χ4n) is 3.47. The maximum atomic E-state index is 12.0. The Balaban J connectivity index is 1.62. The number of rotatable bonds is 2. The van der Waals surface area contributed by atoms with E-state index in [-0.39, 0.29) is 5.56 Å². The fourth-order valence-corrected chi connectivity index (χ4v) is 3.47. The molecular formula is C18H20N4O. The minimum atomic E-state index is 0.0222. The average Bonchev–Trinajstić information content (AvgIpc) is 2.83. The van der Waals surface area contributed by atoms with Gasteiger partial charge in [0.25, 0.3) is 5.56 Å². The molecule has 0 unspecified atom stereocenters. The van der Waals surface area contributed by atoms with Crippen LogP contribution in [-0.4, -0.2) is 26.4 Å². The van der Waals surface area contributed by atoms with Crippen molar-refractivity contribution in [2.45, 2.75) is 33.4 Å². The highest BCUT2D eigenvalue weighted by molar-refractivity contribution is 5.84. The number of nitrogens with zero attached hydrogens (tertiary/aromatic N) is 2. The highest BCUT2D eigenvalue weighted by Gasteiger charge is 2.21. The van der Waals surface area contributed by atoms with Crippen LogP contribution in [0.4, 0.5) is 0 Å². The summed E-state index contributed by atoms with van der Waals surface area (Å²) in [7, 11) is 0. The Labute approximate surface area is 134 Å². The summed E-state index contributed by atoms with van der Waals surface area (Å²) in [5.74, 6) is 0.692. The summed E-state index contributed by atoms with van der Waals surface area (Å²) in [6.07, 6.45) is 0.761. The van der Waals surface area contributed by atoms with Crippen molar-refractivity contribution in [1.82, 2.24) is 19.9 Å². The summed E-state index contributed by atoms with van der Waals surface area (Å²) >= 11 is 0. The minimum absolute atomic E-state index is 0.0222. The molecule has 0 spiro atoms. The lowest BCUT2D eigenvalue weighted by atomic mass is 10.1. The summed E-state index contributed by atoms with van der Waals surface area (Å²) in [5, 5.41) is 1.28. The van der Waals surface area contributed by atoms with Gasteiger partial charge in [-0.15, -0.1) is 0 Å². The van der Waals surface area contributed by atoms with Crippen LogP contribution in [0.25, 0.3) is 10.9 Å². The van der Waals surface area contributed by atoms with E-state index in [1.807, 2.05) is 6.92 Å². The van der Waals surface area contributed by atoms with Gasteiger partial charge >= 0.3 is 0 Å². The molecule has 5 nitrogen and oxygen atoms in total. The smallest absolute Gasteiger partial charge is 0.254 e. The van der Waals surface area contributed by atoms with E-state index in [1.54, 1.807) is 0 Å². The Bertz CT molecular complexity index is 938. The molecule has 0 radical (unpaired) electrons. The number of aromatic nitrogens is 3. The first-order valence-electron chi connectivity index (χ1n) is 7.99. The monoisotopic (exact) mass is 308 g/mol. The number of hydrogen-bond acceptors (Lipinski definition) is 3. The van der Waals surface area contributed by atoms with E-state index in [1.165, 1.54) is 22.2 Å². The van der Waals surface area contributed by atoms with Crippen molar-refractivity contribution in [3.8, 4) is 0 Å². The molecule has 1 aliphatic heterocycles. The van der Waals surface area contributed by atoms with E-state index in [2.05, 4.69) is 51.0 Å². The van der Waals surface area contributed by atoms with Gasteiger partial charge in [-0.1, -0.05) is 18.2 Å². The lowest BCUT2D eigenvalue weighted by Crippen LogP contribution is -2.35. The molecule has 1 aromatic carbocycles. The number of hydrogen-bond donors (Lipinski definition) is 2.